The monoisotopic (exact) mass is 356 g/mol. The van der Waals surface area contributed by atoms with E-state index in [4.69, 9.17) is 9.47 Å². The molecule has 6 heteroatoms. The molecule has 0 aliphatic carbocycles. The van der Waals surface area contributed by atoms with E-state index in [-0.39, 0.29) is 0 Å². The Balaban J connectivity index is 1.89. The summed E-state index contributed by atoms with van der Waals surface area (Å²) < 4.78 is 10.9. The van der Waals surface area contributed by atoms with Crippen molar-refractivity contribution in [2.45, 2.75) is 20.8 Å². The molecular weight excluding hydrogens is 332 g/mol. The van der Waals surface area contributed by atoms with Gasteiger partial charge in [0.1, 0.15) is 11.5 Å². The summed E-state index contributed by atoms with van der Waals surface area (Å²) in [5, 5.41) is 0. The lowest BCUT2D eigenvalue weighted by atomic mass is 10.2. The molecule has 2 aromatic carbocycles. The molecular formula is C20H24N2O4. The minimum absolute atomic E-state index is 0.397. The molecule has 2 aromatic rings. The zero-order valence-electron chi connectivity index (χ0n) is 15.2. The Morgan fingerprint density at radius 3 is 2.15 bits per heavy atom. The molecule has 0 bridgehead atoms. The largest absolute Gasteiger partial charge is 0.494 e. The summed E-state index contributed by atoms with van der Waals surface area (Å²) in [6, 6.07) is 13.5. The zero-order valence-corrected chi connectivity index (χ0v) is 15.2. The fourth-order valence-electron chi connectivity index (χ4n) is 2.12. The van der Waals surface area contributed by atoms with Crippen molar-refractivity contribution in [3.05, 3.63) is 59.7 Å². The summed E-state index contributed by atoms with van der Waals surface area (Å²) in [4.78, 5) is 24.3. The van der Waals surface area contributed by atoms with Gasteiger partial charge in [0.15, 0.2) is 0 Å². The molecule has 0 saturated heterocycles. The van der Waals surface area contributed by atoms with Crippen LogP contribution < -0.4 is 20.3 Å². The van der Waals surface area contributed by atoms with Crippen LogP contribution >= 0.6 is 0 Å². The molecule has 0 aromatic heterocycles. The Morgan fingerprint density at radius 1 is 0.885 bits per heavy atom. The van der Waals surface area contributed by atoms with Gasteiger partial charge in [-0.1, -0.05) is 19.9 Å². The molecule has 138 valence electrons. The molecule has 0 atom stereocenters. The molecule has 0 aliphatic rings. The maximum atomic E-state index is 12.1. The van der Waals surface area contributed by atoms with Gasteiger partial charge in [0.2, 0.25) is 0 Å². The van der Waals surface area contributed by atoms with Crippen molar-refractivity contribution in [2.75, 3.05) is 13.2 Å². The fourth-order valence-corrected chi connectivity index (χ4v) is 2.12. The van der Waals surface area contributed by atoms with Crippen molar-refractivity contribution >= 4 is 11.8 Å². The third-order valence-electron chi connectivity index (χ3n) is 3.40. The van der Waals surface area contributed by atoms with Crippen LogP contribution in [0, 0.1) is 5.92 Å². The predicted octanol–water partition coefficient (Wildman–Crippen LogP) is 3.19. The zero-order chi connectivity index (χ0) is 18.9. The van der Waals surface area contributed by atoms with Gasteiger partial charge >= 0.3 is 0 Å². The highest BCUT2D eigenvalue weighted by Crippen LogP contribution is 2.14. The highest BCUT2D eigenvalue weighted by atomic mass is 16.5. The number of nitrogens with one attached hydrogen (secondary N) is 2. The predicted molar refractivity (Wildman–Crippen MR) is 99.3 cm³/mol. The smallest absolute Gasteiger partial charge is 0.269 e. The number of hydrazine groups is 1. The number of ether oxygens (including phenoxy) is 2. The Kier molecular flexibility index (Phi) is 7.02. The quantitative estimate of drug-likeness (QED) is 0.747. The minimum Gasteiger partial charge on any atom is -0.494 e. The van der Waals surface area contributed by atoms with Gasteiger partial charge < -0.3 is 9.47 Å². The number of amides is 2. The highest BCUT2D eigenvalue weighted by Gasteiger charge is 2.10. The second-order valence-electron chi connectivity index (χ2n) is 6.10. The van der Waals surface area contributed by atoms with E-state index in [2.05, 4.69) is 24.7 Å². The van der Waals surface area contributed by atoms with Crippen molar-refractivity contribution in [3.8, 4) is 11.5 Å². The molecule has 6 nitrogen and oxygen atoms in total. The van der Waals surface area contributed by atoms with Gasteiger partial charge in [0, 0.05) is 11.1 Å². The highest BCUT2D eigenvalue weighted by molar-refractivity contribution is 5.99. The Morgan fingerprint density at radius 2 is 1.54 bits per heavy atom. The van der Waals surface area contributed by atoms with Gasteiger partial charge in [-0.15, -0.1) is 0 Å². The molecule has 0 radical (unpaired) electrons. The van der Waals surface area contributed by atoms with Gasteiger partial charge in [0.05, 0.1) is 13.2 Å². The molecule has 0 unspecified atom stereocenters. The van der Waals surface area contributed by atoms with Gasteiger partial charge in [-0.3, -0.25) is 20.4 Å². The average Bonchev–Trinajstić information content (AvgIpc) is 2.65. The molecule has 2 N–H and O–H groups in total. The first-order valence-electron chi connectivity index (χ1n) is 8.56. The van der Waals surface area contributed by atoms with E-state index >= 15 is 0 Å². The van der Waals surface area contributed by atoms with Crippen molar-refractivity contribution < 1.29 is 19.1 Å². The van der Waals surface area contributed by atoms with E-state index in [1.807, 2.05) is 6.92 Å². The summed E-state index contributed by atoms with van der Waals surface area (Å²) in [6.45, 7) is 7.12. The molecule has 2 amide bonds. The molecule has 26 heavy (non-hydrogen) atoms. The number of hydrogen-bond acceptors (Lipinski definition) is 4. The van der Waals surface area contributed by atoms with E-state index in [1.54, 1.807) is 48.5 Å². The third kappa shape index (κ3) is 5.81. The van der Waals surface area contributed by atoms with Gasteiger partial charge in [0.25, 0.3) is 11.8 Å². The van der Waals surface area contributed by atoms with E-state index in [0.29, 0.717) is 41.8 Å². The van der Waals surface area contributed by atoms with Crippen molar-refractivity contribution in [3.63, 3.8) is 0 Å². The molecule has 0 spiro atoms. The van der Waals surface area contributed by atoms with E-state index < -0.39 is 11.8 Å². The van der Waals surface area contributed by atoms with Crippen LogP contribution in [-0.2, 0) is 0 Å². The van der Waals surface area contributed by atoms with E-state index in [0.717, 1.165) is 0 Å². The number of carbonyl (C=O) groups excluding carboxylic acids is 2. The van der Waals surface area contributed by atoms with Crippen LogP contribution in [0.4, 0.5) is 0 Å². The van der Waals surface area contributed by atoms with Crippen molar-refractivity contribution in [1.29, 1.82) is 0 Å². The number of rotatable bonds is 7. The van der Waals surface area contributed by atoms with Gasteiger partial charge in [-0.2, -0.15) is 0 Å². The second-order valence-corrected chi connectivity index (χ2v) is 6.10. The molecule has 2 rings (SSSR count). The second kappa shape index (κ2) is 9.46. The topological polar surface area (TPSA) is 76.7 Å². The summed E-state index contributed by atoms with van der Waals surface area (Å²) in [7, 11) is 0. The number of hydrogen-bond donors (Lipinski definition) is 2. The SMILES string of the molecule is CCOc1cccc(C(=O)NNC(=O)c2ccc(OCC(C)C)cc2)c1. The van der Waals surface area contributed by atoms with Crippen molar-refractivity contribution in [1.82, 2.24) is 10.9 Å². The minimum atomic E-state index is -0.420. The van der Waals surface area contributed by atoms with Crippen LogP contribution in [0.1, 0.15) is 41.5 Å². The lowest BCUT2D eigenvalue weighted by Gasteiger charge is -2.10. The molecule has 0 fully saturated rings. The Bertz CT molecular complexity index is 742. The van der Waals surface area contributed by atoms with Crippen LogP contribution in [-0.4, -0.2) is 25.0 Å². The van der Waals surface area contributed by atoms with E-state index in [1.165, 1.54) is 0 Å². The average molecular weight is 356 g/mol. The van der Waals surface area contributed by atoms with E-state index in [9.17, 15) is 9.59 Å². The Hall–Kier alpha value is -3.02. The van der Waals surface area contributed by atoms with Gasteiger partial charge in [-0.25, -0.2) is 0 Å². The first-order chi connectivity index (χ1) is 12.5. The fraction of sp³-hybridized carbons (Fsp3) is 0.300. The van der Waals surface area contributed by atoms with Crippen LogP contribution in [0.2, 0.25) is 0 Å². The number of carbonyl (C=O) groups is 2. The first kappa shape index (κ1) is 19.3. The van der Waals surface area contributed by atoms with Crippen LogP contribution in [0.3, 0.4) is 0 Å². The standard InChI is InChI=1S/C20H24N2O4/c1-4-25-18-7-5-6-16(12-18)20(24)22-21-19(23)15-8-10-17(11-9-15)26-13-14(2)3/h5-12,14H,4,13H2,1-3H3,(H,21,23)(H,22,24). The van der Waals surface area contributed by atoms with Gasteiger partial charge in [-0.05, 0) is 55.3 Å². The molecule has 0 heterocycles. The summed E-state index contributed by atoms with van der Waals surface area (Å²) in [6.07, 6.45) is 0. The molecule has 0 saturated carbocycles. The third-order valence-corrected chi connectivity index (χ3v) is 3.40. The lowest BCUT2D eigenvalue weighted by Crippen LogP contribution is -2.41. The first-order valence-corrected chi connectivity index (χ1v) is 8.56. The van der Waals surface area contributed by atoms with Crippen LogP contribution in [0.15, 0.2) is 48.5 Å². The Labute approximate surface area is 153 Å². The summed E-state index contributed by atoms with van der Waals surface area (Å²) >= 11 is 0. The summed E-state index contributed by atoms with van der Waals surface area (Å²) in [5.41, 5.74) is 5.61. The molecule has 0 aliphatic heterocycles. The van der Waals surface area contributed by atoms with Crippen molar-refractivity contribution in [2.24, 2.45) is 5.92 Å². The lowest BCUT2D eigenvalue weighted by molar-refractivity contribution is 0.0846. The maximum absolute atomic E-state index is 12.1. The van der Waals surface area contributed by atoms with Crippen LogP contribution in [0.5, 0.6) is 11.5 Å². The normalized spacial score (nSPS) is 10.3. The summed E-state index contributed by atoms with van der Waals surface area (Å²) in [5.74, 6) is 0.899. The maximum Gasteiger partial charge on any atom is 0.269 e. The number of benzene rings is 2. The van der Waals surface area contributed by atoms with Crippen LogP contribution in [0.25, 0.3) is 0 Å².